The van der Waals surface area contributed by atoms with Crippen LogP contribution in [0.2, 0.25) is 5.02 Å². The number of nitrogens with zero attached hydrogens (tertiary/aromatic N) is 2. The number of fused-ring (bicyclic) bond motifs is 1. The van der Waals surface area contributed by atoms with Crippen molar-refractivity contribution in [2.45, 2.75) is 0 Å². The van der Waals surface area contributed by atoms with E-state index in [0.717, 1.165) is 6.07 Å². The van der Waals surface area contributed by atoms with E-state index in [1.165, 1.54) is 42.5 Å². The van der Waals surface area contributed by atoms with Crippen LogP contribution < -0.4 is 0 Å². The number of aromatic carboxylic acids is 1. The summed E-state index contributed by atoms with van der Waals surface area (Å²) in [5.41, 5.74) is 0.703. The SMILES string of the molecule is O=C(O)c1cc(/C=C/c2ccc(Cl)c([N+](=O)[O-])c2)nc2cc(F)ccc12. The molecule has 130 valence electrons. The molecule has 0 aliphatic rings. The minimum absolute atomic E-state index is 0.0135. The van der Waals surface area contributed by atoms with Gasteiger partial charge in [0.15, 0.2) is 0 Å². The standard InChI is InChI=1S/C18H10ClFN2O4/c19-15-6-2-10(7-17(15)22(25)26)1-4-12-9-14(18(23)24)13-5-3-11(20)8-16(13)21-12/h1-9H,(H,23,24)/b4-1+. The number of hydrogen-bond acceptors (Lipinski definition) is 4. The number of pyridine rings is 1. The van der Waals surface area contributed by atoms with Crippen LogP contribution in [0.15, 0.2) is 42.5 Å². The lowest BCUT2D eigenvalue weighted by Crippen LogP contribution is -2.00. The van der Waals surface area contributed by atoms with E-state index in [2.05, 4.69) is 4.98 Å². The molecule has 0 saturated heterocycles. The van der Waals surface area contributed by atoms with E-state index in [0.29, 0.717) is 10.9 Å². The van der Waals surface area contributed by atoms with Gasteiger partial charge >= 0.3 is 5.97 Å². The quantitative estimate of drug-likeness (QED) is 0.524. The van der Waals surface area contributed by atoms with Crippen molar-refractivity contribution in [2.75, 3.05) is 0 Å². The summed E-state index contributed by atoms with van der Waals surface area (Å²) < 4.78 is 13.4. The van der Waals surface area contributed by atoms with E-state index in [4.69, 9.17) is 11.6 Å². The van der Waals surface area contributed by atoms with Crippen LogP contribution in [0, 0.1) is 15.9 Å². The Morgan fingerprint density at radius 3 is 2.65 bits per heavy atom. The molecule has 0 bridgehead atoms. The number of nitro benzene ring substituents is 1. The molecule has 0 fully saturated rings. The van der Waals surface area contributed by atoms with E-state index in [-0.39, 0.29) is 27.5 Å². The van der Waals surface area contributed by atoms with E-state index < -0.39 is 16.7 Å². The van der Waals surface area contributed by atoms with E-state index in [1.807, 2.05) is 0 Å². The zero-order valence-electron chi connectivity index (χ0n) is 13.0. The molecule has 0 radical (unpaired) electrons. The molecule has 3 rings (SSSR count). The normalized spacial score (nSPS) is 11.2. The van der Waals surface area contributed by atoms with Crippen molar-refractivity contribution in [1.29, 1.82) is 0 Å². The molecule has 1 aromatic heterocycles. The minimum Gasteiger partial charge on any atom is -0.478 e. The first kappa shape index (κ1) is 17.5. The van der Waals surface area contributed by atoms with Crippen LogP contribution >= 0.6 is 11.6 Å². The van der Waals surface area contributed by atoms with E-state index in [9.17, 15) is 24.4 Å². The third-order valence-corrected chi connectivity index (χ3v) is 3.96. The summed E-state index contributed by atoms with van der Waals surface area (Å²) in [6.07, 6.45) is 3.02. The molecule has 6 nitrogen and oxygen atoms in total. The van der Waals surface area contributed by atoms with E-state index >= 15 is 0 Å². The number of hydrogen-bond donors (Lipinski definition) is 1. The van der Waals surface area contributed by atoms with Crippen LogP contribution in [0.3, 0.4) is 0 Å². The highest BCUT2D eigenvalue weighted by molar-refractivity contribution is 6.32. The van der Waals surface area contributed by atoms with Crippen molar-refractivity contribution in [3.8, 4) is 0 Å². The first-order valence-corrected chi connectivity index (χ1v) is 7.68. The highest BCUT2D eigenvalue weighted by atomic mass is 35.5. The largest absolute Gasteiger partial charge is 0.478 e. The van der Waals surface area contributed by atoms with E-state index in [1.54, 1.807) is 6.07 Å². The number of carbonyl (C=O) groups is 1. The first-order valence-electron chi connectivity index (χ1n) is 7.31. The zero-order chi connectivity index (χ0) is 18.8. The number of benzene rings is 2. The van der Waals surface area contributed by atoms with Gasteiger partial charge in [0.25, 0.3) is 5.69 Å². The van der Waals surface area contributed by atoms with Gasteiger partial charge in [0.05, 0.1) is 21.7 Å². The topological polar surface area (TPSA) is 93.3 Å². The Labute approximate surface area is 151 Å². The second-order valence-electron chi connectivity index (χ2n) is 5.36. The molecule has 0 spiro atoms. The van der Waals surface area contributed by atoms with Crippen LogP contribution in [0.1, 0.15) is 21.6 Å². The smallest absolute Gasteiger partial charge is 0.336 e. The van der Waals surface area contributed by atoms with Gasteiger partial charge in [-0.05, 0) is 35.9 Å². The molecule has 0 atom stereocenters. The second kappa shape index (κ2) is 6.89. The van der Waals surface area contributed by atoms with Gasteiger partial charge in [-0.15, -0.1) is 0 Å². The maximum absolute atomic E-state index is 13.4. The van der Waals surface area contributed by atoms with Crippen LogP contribution in [0.4, 0.5) is 10.1 Å². The molecule has 1 heterocycles. The molecule has 0 unspecified atom stereocenters. The fourth-order valence-corrected chi connectivity index (χ4v) is 2.63. The van der Waals surface area contributed by atoms with Gasteiger partial charge in [-0.2, -0.15) is 0 Å². The number of carboxylic acid groups (broad SMARTS) is 1. The molecular weight excluding hydrogens is 363 g/mol. The van der Waals surface area contributed by atoms with Crippen molar-refractivity contribution in [3.63, 3.8) is 0 Å². The monoisotopic (exact) mass is 372 g/mol. The van der Waals surface area contributed by atoms with Crippen LogP contribution in [-0.4, -0.2) is 21.0 Å². The predicted octanol–water partition coefficient (Wildman–Crippen LogP) is 4.80. The summed E-state index contributed by atoms with van der Waals surface area (Å²) in [6.45, 7) is 0. The molecule has 0 aliphatic carbocycles. The lowest BCUT2D eigenvalue weighted by Gasteiger charge is -2.04. The second-order valence-corrected chi connectivity index (χ2v) is 5.77. The Morgan fingerprint density at radius 1 is 1.19 bits per heavy atom. The summed E-state index contributed by atoms with van der Waals surface area (Å²) in [4.78, 5) is 26.0. The Bertz CT molecular complexity index is 1080. The highest BCUT2D eigenvalue weighted by Gasteiger charge is 2.13. The van der Waals surface area contributed by atoms with Crippen LogP contribution in [0.25, 0.3) is 23.1 Å². The molecule has 26 heavy (non-hydrogen) atoms. The fraction of sp³-hybridized carbons (Fsp3) is 0. The minimum atomic E-state index is -1.17. The Balaban J connectivity index is 2.06. The summed E-state index contributed by atoms with van der Waals surface area (Å²) in [6, 6.07) is 9.28. The van der Waals surface area contributed by atoms with Crippen LogP contribution in [-0.2, 0) is 0 Å². The van der Waals surface area contributed by atoms with Gasteiger partial charge in [0.1, 0.15) is 10.8 Å². The molecule has 3 aromatic rings. The lowest BCUT2D eigenvalue weighted by molar-refractivity contribution is -0.384. The number of aromatic nitrogens is 1. The lowest BCUT2D eigenvalue weighted by atomic mass is 10.1. The summed E-state index contributed by atoms with van der Waals surface area (Å²) in [5.74, 6) is -1.70. The molecule has 8 heteroatoms. The number of carboxylic acids is 1. The van der Waals surface area contributed by atoms with Gasteiger partial charge in [-0.25, -0.2) is 14.2 Å². The third-order valence-electron chi connectivity index (χ3n) is 3.64. The molecule has 2 aromatic carbocycles. The van der Waals surface area contributed by atoms with Crippen molar-refractivity contribution in [2.24, 2.45) is 0 Å². The van der Waals surface area contributed by atoms with Crippen LogP contribution in [0.5, 0.6) is 0 Å². The average molecular weight is 373 g/mol. The maximum Gasteiger partial charge on any atom is 0.336 e. The number of nitro groups is 1. The van der Waals surface area contributed by atoms with Crippen molar-refractivity contribution in [3.05, 3.63) is 80.2 Å². The van der Waals surface area contributed by atoms with Gasteiger partial charge in [0, 0.05) is 17.5 Å². The Hall–Kier alpha value is -3.32. The molecular formula is C18H10ClFN2O4. The molecule has 0 amide bonds. The van der Waals surface area contributed by atoms with Gasteiger partial charge < -0.3 is 5.11 Å². The predicted molar refractivity (Wildman–Crippen MR) is 95.7 cm³/mol. The summed E-state index contributed by atoms with van der Waals surface area (Å²) in [5, 5.41) is 20.6. The molecule has 1 N–H and O–H groups in total. The first-order chi connectivity index (χ1) is 12.3. The molecule has 0 aliphatic heterocycles. The summed E-state index contributed by atoms with van der Waals surface area (Å²) in [7, 11) is 0. The number of halogens is 2. The third kappa shape index (κ3) is 3.52. The van der Waals surface area contributed by atoms with Gasteiger partial charge in [-0.3, -0.25) is 10.1 Å². The van der Waals surface area contributed by atoms with Crippen molar-refractivity contribution < 1.29 is 19.2 Å². The Morgan fingerprint density at radius 2 is 1.96 bits per heavy atom. The fourth-order valence-electron chi connectivity index (χ4n) is 2.44. The van der Waals surface area contributed by atoms with Crippen molar-refractivity contribution >= 4 is 46.3 Å². The van der Waals surface area contributed by atoms with Gasteiger partial charge in [-0.1, -0.05) is 23.7 Å². The highest BCUT2D eigenvalue weighted by Crippen LogP contribution is 2.26. The van der Waals surface area contributed by atoms with Gasteiger partial charge in [0.2, 0.25) is 0 Å². The molecule has 0 saturated carbocycles. The zero-order valence-corrected chi connectivity index (χ0v) is 13.8. The summed E-state index contributed by atoms with van der Waals surface area (Å²) >= 11 is 5.77. The average Bonchev–Trinajstić information content (AvgIpc) is 2.59. The number of rotatable bonds is 4. The Kier molecular flexibility index (Phi) is 4.64. The van der Waals surface area contributed by atoms with Crippen molar-refractivity contribution in [1.82, 2.24) is 4.98 Å². The maximum atomic E-state index is 13.4.